The molecule has 1 aromatic carbocycles. The minimum Gasteiger partial charge on any atom is -0.503 e. The van der Waals surface area contributed by atoms with Gasteiger partial charge in [0.15, 0.2) is 5.76 Å². The van der Waals surface area contributed by atoms with Gasteiger partial charge in [-0.2, -0.15) is 0 Å². The lowest BCUT2D eigenvalue weighted by atomic mass is 9.95. The van der Waals surface area contributed by atoms with Crippen molar-refractivity contribution in [3.8, 4) is 5.75 Å². The maximum Gasteiger partial charge on any atom is 0.290 e. The highest BCUT2D eigenvalue weighted by molar-refractivity contribution is 7.12. The molecule has 1 unspecified atom stereocenters. The summed E-state index contributed by atoms with van der Waals surface area (Å²) >= 11 is 1.28. The predicted molar refractivity (Wildman–Crippen MR) is 116 cm³/mol. The Balaban J connectivity index is 1.94. The van der Waals surface area contributed by atoms with Gasteiger partial charge in [-0.1, -0.05) is 38.0 Å². The van der Waals surface area contributed by atoms with Crippen molar-refractivity contribution in [3.05, 3.63) is 63.6 Å². The fraction of sp³-hybridized carbons (Fsp3) is 0.391. The Morgan fingerprint density at radius 3 is 2.73 bits per heavy atom. The van der Waals surface area contributed by atoms with Gasteiger partial charge in [-0.15, -0.1) is 11.3 Å². The normalized spacial score (nSPS) is 16.4. The molecule has 1 aromatic heterocycles. The van der Waals surface area contributed by atoms with Crippen LogP contribution in [0.3, 0.4) is 0 Å². The molecule has 1 N–H and O–H groups in total. The third kappa shape index (κ3) is 4.74. The van der Waals surface area contributed by atoms with Crippen LogP contribution in [0.25, 0.3) is 0 Å². The number of Topliss-reactive ketones (excluding diaryl/α,β-unsaturated/α-hetero) is 1. The molecule has 1 atom stereocenters. The van der Waals surface area contributed by atoms with Crippen molar-refractivity contribution in [2.75, 3.05) is 26.9 Å². The molecular formula is C23H27NO5S. The summed E-state index contributed by atoms with van der Waals surface area (Å²) in [5.74, 6) is -0.720. The van der Waals surface area contributed by atoms with Crippen LogP contribution in [-0.4, -0.2) is 48.6 Å². The van der Waals surface area contributed by atoms with Crippen LogP contribution >= 0.6 is 11.3 Å². The van der Waals surface area contributed by atoms with Gasteiger partial charge in [-0.25, -0.2) is 0 Å². The average Bonchev–Trinajstić information content (AvgIpc) is 3.38. The van der Waals surface area contributed by atoms with Crippen molar-refractivity contribution in [3.63, 3.8) is 0 Å². The smallest absolute Gasteiger partial charge is 0.290 e. The zero-order chi connectivity index (χ0) is 21.5. The van der Waals surface area contributed by atoms with Crippen molar-refractivity contribution in [2.24, 2.45) is 0 Å². The molecule has 6 nitrogen and oxygen atoms in total. The molecule has 7 heteroatoms. The SMILES string of the molecule is CCCCCOc1cccc(C2C(C(=O)c3cccs3)=C(O)C(=O)N2CCOC)c1. The second-order valence-electron chi connectivity index (χ2n) is 7.09. The number of aliphatic hydroxyl groups excluding tert-OH is 1. The Hall–Kier alpha value is -2.64. The van der Waals surface area contributed by atoms with Crippen LogP contribution in [0.5, 0.6) is 5.75 Å². The largest absolute Gasteiger partial charge is 0.503 e. The highest BCUT2D eigenvalue weighted by atomic mass is 32.1. The molecule has 3 rings (SSSR count). The Labute approximate surface area is 180 Å². The molecule has 1 aliphatic rings. The third-order valence-electron chi connectivity index (χ3n) is 5.02. The monoisotopic (exact) mass is 429 g/mol. The first-order valence-corrected chi connectivity index (χ1v) is 11.0. The van der Waals surface area contributed by atoms with E-state index in [0.29, 0.717) is 23.8 Å². The number of rotatable bonds is 11. The van der Waals surface area contributed by atoms with Crippen molar-refractivity contribution < 1.29 is 24.2 Å². The van der Waals surface area contributed by atoms with Crippen LogP contribution in [0, 0.1) is 0 Å². The van der Waals surface area contributed by atoms with Crippen molar-refractivity contribution in [1.29, 1.82) is 0 Å². The van der Waals surface area contributed by atoms with Gasteiger partial charge in [-0.3, -0.25) is 9.59 Å². The number of amides is 1. The highest BCUT2D eigenvalue weighted by Gasteiger charge is 2.43. The number of carbonyl (C=O) groups is 2. The molecule has 1 aliphatic heterocycles. The summed E-state index contributed by atoms with van der Waals surface area (Å²) in [6.07, 6.45) is 3.17. The number of aliphatic hydroxyl groups is 1. The highest BCUT2D eigenvalue weighted by Crippen LogP contribution is 2.40. The average molecular weight is 430 g/mol. The van der Waals surface area contributed by atoms with Crippen LogP contribution in [0.15, 0.2) is 53.1 Å². The molecule has 0 bridgehead atoms. The standard InChI is InChI=1S/C23H27NO5S/c1-3-4-5-12-29-17-9-6-8-16(15-17)20-19(21(25)18-10-7-14-30-18)22(26)23(27)24(20)11-13-28-2/h6-10,14-15,20,26H,3-5,11-13H2,1-2H3. The number of benzene rings is 1. The van der Waals surface area contributed by atoms with Gasteiger partial charge in [0.05, 0.1) is 29.7 Å². The summed E-state index contributed by atoms with van der Waals surface area (Å²) in [4.78, 5) is 27.9. The van der Waals surface area contributed by atoms with Gasteiger partial charge in [0.1, 0.15) is 5.75 Å². The number of nitrogens with zero attached hydrogens (tertiary/aromatic N) is 1. The number of hydrogen-bond acceptors (Lipinski definition) is 6. The molecular weight excluding hydrogens is 402 g/mol. The van der Waals surface area contributed by atoms with Crippen LogP contribution in [-0.2, 0) is 9.53 Å². The van der Waals surface area contributed by atoms with E-state index in [-0.39, 0.29) is 17.9 Å². The topological polar surface area (TPSA) is 76.1 Å². The minimum absolute atomic E-state index is 0.0988. The Morgan fingerprint density at radius 1 is 1.20 bits per heavy atom. The van der Waals surface area contributed by atoms with Gasteiger partial charge in [-0.05, 0) is 35.6 Å². The second kappa shape index (κ2) is 10.4. The predicted octanol–water partition coefficient (Wildman–Crippen LogP) is 4.54. The van der Waals surface area contributed by atoms with Gasteiger partial charge in [0.25, 0.3) is 5.91 Å². The number of methoxy groups -OCH3 is 1. The number of thiophene rings is 1. The zero-order valence-electron chi connectivity index (χ0n) is 17.3. The number of unbranched alkanes of at least 4 members (excludes halogenated alkanes) is 2. The van der Waals surface area contributed by atoms with Crippen molar-refractivity contribution in [1.82, 2.24) is 4.90 Å². The van der Waals surface area contributed by atoms with E-state index in [4.69, 9.17) is 9.47 Å². The van der Waals surface area contributed by atoms with Gasteiger partial charge < -0.3 is 19.5 Å². The fourth-order valence-electron chi connectivity index (χ4n) is 3.51. The first-order chi connectivity index (χ1) is 14.6. The molecule has 30 heavy (non-hydrogen) atoms. The molecule has 0 saturated heterocycles. The second-order valence-corrected chi connectivity index (χ2v) is 8.04. The fourth-order valence-corrected chi connectivity index (χ4v) is 4.19. The summed E-state index contributed by atoms with van der Waals surface area (Å²) < 4.78 is 11.0. The van der Waals surface area contributed by atoms with E-state index in [1.165, 1.54) is 16.2 Å². The van der Waals surface area contributed by atoms with Crippen molar-refractivity contribution in [2.45, 2.75) is 32.2 Å². The number of ketones is 1. The molecule has 0 spiro atoms. The number of ether oxygens (including phenoxy) is 2. The first-order valence-electron chi connectivity index (χ1n) is 10.1. The minimum atomic E-state index is -0.693. The summed E-state index contributed by atoms with van der Waals surface area (Å²) in [5, 5.41) is 12.4. The molecule has 0 aliphatic carbocycles. The Kier molecular flexibility index (Phi) is 7.65. The molecule has 0 saturated carbocycles. The molecule has 0 radical (unpaired) electrons. The lowest BCUT2D eigenvalue weighted by Gasteiger charge is -2.26. The summed E-state index contributed by atoms with van der Waals surface area (Å²) in [6, 6.07) is 10.2. The van der Waals surface area contributed by atoms with E-state index < -0.39 is 17.7 Å². The Bertz CT molecular complexity index is 906. The molecule has 160 valence electrons. The molecule has 2 aromatic rings. The van der Waals surface area contributed by atoms with E-state index in [1.54, 1.807) is 24.6 Å². The van der Waals surface area contributed by atoms with E-state index >= 15 is 0 Å². The van der Waals surface area contributed by atoms with Crippen LogP contribution in [0.1, 0.15) is 47.5 Å². The van der Waals surface area contributed by atoms with Crippen LogP contribution in [0.2, 0.25) is 0 Å². The molecule has 1 amide bonds. The lowest BCUT2D eigenvalue weighted by Crippen LogP contribution is -2.34. The van der Waals surface area contributed by atoms with Gasteiger partial charge in [0.2, 0.25) is 5.78 Å². The summed E-state index contributed by atoms with van der Waals surface area (Å²) in [5.41, 5.74) is 0.818. The summed E-state index contributed by atoms with van der Waals surface area (Å²) in [6.45, 7) is 3.30. The Morgan fingerprint density at radius 2 is 2.03 bits per heavy atom. The first kappa shape index (κ1) is 22.1. The van der Waals surface area contributed by atoms with E-state index in [0.717, 1.165) is 24.8 Å². The quantitative estimate of drug-likeness (QED) is 0.419. The van der Waals surface area contributed by atoms with E-state index in [2.05, 4.69) is 6.92 Å². The van der Waals surface area contributed by atoms with E-state index in [1.807, 2.05) is 24.3 Å². The molecule has 2 heterocycles. The van der Waals surface area contributed by atoms with Gasteiger partial charge in [0, 0.05) is 13.7 Å². The van der Waals surface area contributed by atoms with Crippen LogP contribution in [0.4, 0.5) is 0 Å². The number of hydrogen-bond donors (Lipinski definition) is 1. The van der Waals surface area contributed by atoms with Crippen molar-refractivity contribution >= 4 is 23.0 Å². The van der Waals surface area contributed by atoms with E-state index in [9.17, 15) is 14.7 Å². The number of carbonyl (C=O) groups excluding carboxylic acids is 2. The zero-order valence-corrected chi connectivity index (χ0v) is 18.1. The third-order valence-corrected chi connectivity index (χ3v) is 5.89. The maximum atomic E-state index is 13.1. The van der Waals surface area contributed by atoms with Crippen LogP contribution < -0.4 is 4.74 Å². The maximum absolute atomic E-state index is 13.1. The van der Waals surface area contributed by atoms with Gasteiger partial charge >= 0.3 is 0 Å². The molecule has 0 fully saturated rings. The summed E-state index contributed by atoms with van der Waals surface area (Å²) in [7, 11) is 1.55. The lowest BCUT2D eigenvalue weighted by molar-refractivity contribution is -0.130.